The zero-order valence-electron chi connectivity index (χ0n) is 19.0. The lowest BCUT2D eigenvalue weighted by atomic mass is 10.1. The van der Waals surface area contributed by atoms with Crippen LogP contribution >= 0.6 is 0 Å². The third kappa shape index (κ3) is 7.14. The monoisotopic (exact) mass is 446 g/mol. The fraction of sp³-hybridized carbons (Fsp3) is 0.417. The van der Waals surface area contributed by atoms with Crippen LogP contribution in [0.1, 0.15) is 32.3 Å². The molecule has 2 amide bonds. The van der Waals surface area contributed by atoms with E-state index in [1.54, 1.807) is 30.3 Å². The van der Waals surface area contributed by atoms with Crippen molar-refractivity contribution in [3.05, 3.63) is 53.8 Å². The first-order chi connectivity index (χ1) is 15.4. The smallest absolute Gasteiger partial charge is 0.261 e. The van der Waals surface area contributed by atoms with Crippen LogP contribution in [0, 0.1) is 5.82 Å². The van der Waals surface area contributed by atoms with Gasteiger partial charge in [0.1, 0.15) is 29.1 Å². The molecule has 0 fully saturated rings. The average Bonchev–Trinajstić information content (AvgIpc) is 2.81. The Balaban J connectivity index is 2.22. The van der Waals surface area contributed by atoms with Gasteiger partial charge in [-0.3, -0.25) is 9.59 Å². The molecule has 7 nitrogen and oxygen atoms in total. The summed E-state index contributed by atoms with van der Waals surface area (Å²) in [5.74, 6) is 0.498. The number of nitrogens with one attached hydrogen (secondary N) is 1. The number of benzene rings is 2. The summed E-state index contributed by atoms with van der Waals surface area (Å²) in [6.07, 6.45) is 1.21. The van der Waals surface area contributed by atoms with E-state index in [4.69, 9.17) is 14.2 Å². The Labute approximate surface area is 188 Å². The van der Waals surface area contributed by atoms with Crippen LogP contribution in [0.5, 0.6) is 17.2 Å². The van der Waals surface area contributed by atoms with Gasteiger partial charge in [0.15, 0.2) is 6.61 Å². The van der Waals surface area contributed by atoms with Crippen LogP contribution in [0.15, 0.2) is 42.5 Å². The van der Waals surface area contributed by atoms with Crippen molar-refractivity contribution < 1.29 is 28.2 Å². The number of rotatable bonds is 12. The molecule has 0 heterocycles. The molecule has 1 N–H and O–H groups in total. The molecule has 0 saturated carbocycles. The first-order valence-electron chi connectivity index (χ1n) is 10.6. The summed E-state index contributed by atoms with van der Waals surface area (Å²) in [6, 6.07) is 10.2. The lowest BCUT2D eigenvalue weighted by molar-refractivity contribution is -0.143. The molecule has 1 unspecified atom stereocenters. The van der Waals surface area contributed by atoms with Crippen molar-refractivity contribution in [2.75, 3.05) is 27.4 Å². The quantitative estimate of drug-likeness (QED) is 0.540. The van der Waals surface area contributed by atoms with E-state index in [0.717, 1.165) is 6.42 Å². The van der Waals surface area contributed by atoms with Gasteiger partial charge >= 0.3 is 0 Å². The molecule has 0 bridgehead atoms. The number of methoxy groups -OCH3 is 2. The SMILES string of the molecule is CCCNC(=O)C(CC)N(Cc1ccc(F)cc1)C(=O)COc1cc(OC)cc(OC)c1. The topological polar surface area (TPSA) is 77.1 Å². The minimum absolute atomic E-state index is 0.155. The Kier molecular flexibility index (Phi) is 9.78. The van der Waals surface area contributed by atoms with E-state index in [9.17, 15) is 14.0 Å². The lowest BCUT2D eigenvalue weighted by Crippen LogP contribution is -2.50. The van der Waals surface area contributed by atoms with Gasteiger partial charge in [-0.2, -0.15) is 0 Å². The summed E-state index contributed by atoms with van der Waals surface area (Å²) in [7, 11) is 3.05. The molecule has 0 aliphatic rings. The number of hydrogen-bond donors (Lipinski definition) is 1. The molecule has 0 spiro atoms. The van der Waals surface area contributed by atoms with Crippen molar-refractivity contribution in [1.82, 2.24) is 10.2 Å². The van der Waals surface area contributed by atoms with Gasteiger partial charge in [-0.1, -0.05) is 26.0 Å². The first-order valence-corrected chi connectivity index (χ1v) is 10.6. The van der Waals surface area contributed by atoms with Crippen LogP contribution in [0.2, 0.25) is 0 Å². The molecule has 8 heteroatoms. The van der Waals surface area contributed by atoms with E-state index in [0.29, 0.717) is 35.8 Å². The van der Waals surface area contributed by atoms with Crippen LogP contribution < -0.4 is 19.5 Å². The van der Waals surface area contributed by atoms with Gasteiger partial charge in [0.2, 0.25) is 5.91 Å². The number of nitrogens with zero attached hydrogens (tertiary/aromatic N) is 1. The molecule has 0 aliphatic carbocycles. The molecule has 1 atom stereocenters. The summed E-state index contributed by atoms with van der Waals surface area (Å²) in [4.78, 5) is 27.4. The van der Waals surface area contributed by atoms with E-state index >= 15 is 0 Å². The van der Waals surface area contributed by atoms with E-state index in [2.05, 4.69) is 5.32 Å². The Morgan fingerprint density at radius 3 is 2.12 bits per heavy atom. The molecule has 0 saturated heterocycles. The maximum absolute atomic E-state index is 13.3. The highest BCUT2D eigenvalue weighted by Gasteiger charge is 2.28. The van der Waals surface area contributed by atoms with Crippen molar-refractivity contribution in [3.8, 4) is 17.2 Å². The largest absolute Gasteiger partial charge is 0.496 e. The summed E-state index contributed by atoms with van der Waals surface area (Å²) >= 11 is 0. The standard InChI is InChI=1S/C24H31FN2O5/c1-5-11-26-24(29)22(6-2)27(15-17-7-9-18(25)10-8-17)23(28)16-32-21-13-19(30-3)12-20(14-21)31-4/h7-10,12-14,22H,5-6,11,15-16H2,1-4H3,(H,26,29). The molecular formula is C24H31FN2O5. The molecule has 2 rings (SSSR count). The van der Waals surface area contributed by atoms with Gasteiger partial charge in [0.05, 0.1) is 14.2 Å². The third-order valence-corrected chi connectivity index (χ3v) is 4.89. The number of ether oxygens (including phenoxy) is 3. The normalized spacial score (nSPS) is 11.4. The molecule has 2 aromatic rings. The fourth-order valence-electron chi connectivity index (χ4n) is 3.16. The predicted octanol–water partition coefficient (Wildman–Crippen LogP) is 3.56. The second kappa shape index (κ2) is 12.5. The molecule has 0 aromatic heterocycles. The van der Waals surface area contributed by atoms with Crippen molar-refractivity contribution in [2.45, 2.75) is 39.3 Å². The molecule has 32 heavy (non-hydrogen) atoms. The molecule has 2 aromatic carbocycles. The maximum atomic E-state index is 13.3. The number of carbonyl (C=O) groups excluding carboxylic acids is 2. The van der Waals surface area contributed by atoms with Crippen molar-refractivity contribution >= 4 is 11.8 Å². The Hall–Kier alpha value is -3.29. The fourth-order valence-corrected chi connectivity index (χ4v) is 3.16. The van der Waals surface area contributed by atoms with Crippen molar-refractivity contribution in [1.29, 1.82) is 0 Å². The van der Waals surface area contributed by atoms with Gasteiger partial charge in [0.25, 0.3) is 5.91 Å². The van der Waals surface area contributed by atoms with Crippen LogP contribution in [0.4, 0.5) is 4.39 Å². The van der Waals surface area contributed by atoms with Crippen molar-refractivity contribution in [2.24, 2.45) is 0 Å². The number of halogens is 1. The van der Waals surface area contributed by atoms with Gasteiger partial charge in [-0.15, -0.1) is 0 Å². The van der Waals surface area contributed by atoms with E-state index in [1.165, 1.54) is 31.3 Å². The zero-order valence-corrected chi connectivity index (χ0v) is 19.0. The molecular weight excluding hydrogens is 415 g/mol. The van der Waals surface area contributed by atoms with Gasteiger partial charge in [-0.05, 0) is 30.5 Å². The van der Waals surface area contributed by atoms with Crippen LogP contribution in [0.25, 0.3) is 0 Å². The Bertz CT molecular complexity index is 866. The maximum Gasteiger partial charge on any atom is 0.261 e. The number of amides is 2. The van der Waals surface area contributed by atoms with E-state index < -0.39 is 6.04 Å². The number of hydrogen-bond acceptors (Lipinski definition) is 5. The van der Waals surface area contributed by atoms with E-state index in [1.807, 2.05) is 13.8 Å². The highest BCUT2D eigenvalue weighted by molar-refractivity contribution is 5.88. The average molecular weight is 447 g/mol. The van der Waals surface area contributed by atoms with Crippen molar-refractivity contribution in [3.63, 3.8) is 0 Å². The highest BCUT2D eigenvalue weighted by atomic mass is 19.1. The van der Waals surface area contributed by atoms with Gasteiger partial charge < -0.3 is 24.4 Å². The number of carbonyl (C=O) groups is 2. The first kappa shape index (κ1) is 25.0. The van der Waals surface area contributed by atoms with Crippen LogP contribution in [-0.4, -0.2) is 50.1 Å². The summed E-state index contributed by atoms with van der Waals surface area (Å²) < 4.78 is 29.5. The minimum Gasteiger partial charge on any atom is -0.496 e. The predicted molar refractivity (Wildman–Crippen MR) is 119 cm³/mol. The summed E-state index contributed by atoms with van der Waals surface area (Å²) in [5, 5.41) is 2.85. The second-order valence-corrected chi connectivity index (χ2v) is 7.20. The molecule has 0 aliphatic heterocycles. The zero-order chi connectivity index (χ0) is 23.5. The van der Waals surface area contributed by atoms with Crippen LogP contribution in [-0.2, 0) is 16.1 Å². The summed E-state index contributed by atoms with van der Waals surface area (Å²) in [6.45, 7) is 4.19. The van der Waals surface area contributed by atoms with E-state index in [-0.39, 0.29) is 30.8 Å². The molecule has 0 radical (unpaired) electrons. The second-order valence-electron chi connectivity index (χ2n) is 7.20. The third-order valence-electron chi connectivity index (χ3n) is 4.89. The Morgan fingerprint density at radius 1 is 1.00 bits per heavy atom. The summed E-state index contributed by atoms with van der Waals surface area (Å²) in [5.41, 5.74) is 0.713. The van der Waals surface area contributed by atoms with Crippen LogP contribution in [0.3, 0.4) is 0 Å². The highest BCUT2D eigenvalue weighted by Crippen LogP contribution is 2.27. The molecule has 174 valence electrons. The Morgan fingerprint density at radius 2 is 1.59 bits per heavy atom. The van der Waals surface area contributed by atoms with Gasteiger partial charge in [-0.25, -0.2) is 4.39 Å². The van der Waals surface area contributed by atoms with Gasteiger partial charge in [0, 0.05) is 31.3 Å². The minimum atomic E-state index is -0.678. The lowest BCUT2D eigenvalue weighted by Gasteiger charge is -2.30.